The van der Waals surface area contributed by atoms with Crippen LogP contribution in [0.15, 0.2) is 30.5 Å². The summed E-state index contributed by atoms with van der Waals surface area (Å²) < 4.78 is 0.545. The van der Waals surface area contributed by atoms with Gasteiger partial charge in [0.25, 0.3) is 5.91 Å². The molecule has 0 bridgehead atoms. The standard InChI is InChI=1S/C17H23ClN4OS/c1-3-22(4-2)10-9-19-16(23)13-5-7-14(8-6-13)20-11-15-12-21-17(18)24-15/h5-8,12,20H,3-4,9-11H2,1-2H3,(H,19,23). The summed E-state index contributed by atoms with van der Waals surface area (Å²) in [6.07, 6.45) is 1.76. The summed E-state index contributed by atoms with van der Waals surface area (Å²) >= 11 is 7.26. The van der Waals surface area contributed by atoms with E-state index < -0.39 is 0 Å². The fourth-order valence-corrected chi connectivity index (χ4v) is 3.18. The summed E-state index contributed by atoms with van der Waals surface area (Å²) in [4.78, 5) is 19.5. The van der Waals surface area contributed by atoms with Gasteiger partial charge in [0, 0.05) is 35.4 Å². The number of nitrogens with one attached hydrogen (secondary N) is 2. The van der Waals surface area contributed by atoms with Gasteiger partial charge in [-0.05, 0) is 37.4 Å². The minimum atomic E-state index is -0.0389. The number of anilines is 1. The topological polar surface area (TPSA) is 57.3 Å². The maximum atomic E-state index is 12.1. The van der Waals surface area contributed by atoms with E-state index in [1.165, 1.54) is 11.3 Å². The zero-order valence-corrected chi connectivity index (χ0v) is 15.6. The molecule has 1 aromatic carbocycles. The van der Waals surface area contributed by atoms with Gasteiger partial charge in [0.1, 0.15) is 0 Å². The molecule has 2 N–H and O–H groups in total. The van der Waals surface area contributed by atoms with Crippen molar-refractivity contribution in [2.24, 2.45) is 0 Å². The molecule has 1 heterocycles. The molecule has 1 aromatic heterocycles. The fourth-order valence-electron chi connectivity index (χ4n) is 2.26. The Morgan fingerprint density at radius 3 is 2.54 bits per heavy atom. The highest BCUT2D eigenvalue weighted by Crippen LogP contribution is 2.19. The van der Waals surface area contributed by atoms with Crippen LogP contribution in [0.3, 0.4) is 0 Å². The Kier molecular flexibility index (Phi) is 7.49. The predicted molar refractivity (Wildman–Crippen MR) is 101 cm³/mol. The van der Waals surface area contributed by atoms with Crippen LogP contribution in [-0.2, 0) is 6.54 Å². The molecule has 0 spiro atoms. The molecule has 2 rings (SSSR count). The maximum Gasteiger partial charge on any atom is 0.251 e. The van der Waals surface area contributed by atoms with Gasteiger partial charge in [-0.25, -0.2) is 4.98 Å². The summed E-state index contributed by atoms with van der Waals surface area (Å²) in [6, 6.07) is 7.47. The average Bonchev–Trinajstić information content (AvgIpc) is 3.02. The van der Waals surface area contributed by atoms with E-state index in [0.717, 1.165) is 30.2 Å². The average molecular weight is 367 g/mol. The number of carbonyl (C=O) groups is 1. The molecule has 5 nitrogen and oxygen atoms in total. The number of amides is 1. The molecule has 0 aliphatic rings. The van der Waals surface area contributed by atoms with E-state index in [9.17, 15) is 4.79 Å². The third kappa shape index (κ3) is 5.78. The van der Waals surface area contributed by atoms with Gasteiger partial charge in [0.15, 0.2) is 4.47 Å². The quantitative estimate of drug-likeness (QED) is 0.713. The van der Waals surface area contributed by atoms with E-state index in [1.54, 1.807) is 6.20 Å². The van der Waals surface area contributed by atoms with Gasteiger partial charge in [0.05, 0.1) is 6.54 Å². The van der Waals surface area contributed by atoms with Crippen molar-refractivity contribution in [1.82, 2.24) is 15.2 Å². The highest BCUT2D eigenvalue weighted by molar-refractivity contribution is 7.15. The van der Waals surface area contributed by atoms with Crippen LogP contribution in [0.5, 0.6) is 0 Å². The number of rotatable bonds is 9. The first-order valence-corrected chi connectivity index (χ1v) is 9.26. The number of likely N-dealkylation sites (N-methyl/N-ethyl adjacent to an activating group) is 1. The lowest BCUT2D eigenvalue weighted by Gasteiger charge is -2.18. The molecule has 0 unspecified atom stereocenters. The minimum absolute atomic E-state index is 0.0389. The second kappa shape index (κ2) is 9.61. The Hall–Kier alpha value is -1.63. The number of aromatic nitrogens is 1. The number of carbonyl (C=O) groups excluding carboxylic acids is 1. The van der Waals surface area contributed by atoms with Gasteiger partial charge in [0.2, 0.25) is 0 Å². The van der Waals surface area contributed by atoms with E-state index in [4.69, 9.17) is 11.6 Å². The van der Waals surface area contributed by atoms with Crippen LogP contribution in [0.25, 0.3) is 0 Å². The SMILES string of the molecule is CCN(CC)CCNC(=O)c1ccc(NCc2cnc(Cl)s2)cc1. The lowest BCUT2D eigenvalue weighted by atomic mass is 10.2. The molecule has 0 radical (unpaired) electrons. The molecule has 2 aromatic rings. The lowest BCUT2D eigenvalue weighted by molar-refractivity contribution is 0.0949. The first kappa shape index (κ1) is 18.7. The van der Waals surface area contributed by atoms with Crippen LogP contribution in [0, 0.1) is 0 Å². The van der Waals surface area contributed by atoms with Crippen LogP contribution >= 0.6 is 22.9 Å². The molecule has 0 saturated heterocycles. The van der Waals surface area contributed by atoms with E-state index in [-0.39, 0.29) is 5.91 Å². The lowest BCUT2D eigenvalue weighted by Crippen LogP contribution is -2.34. The summed E-state index contributed by atoms with van der Waals surface area (Å²) in [6.45, 7) is 8.44. The van der Waals surface area contributed by atoms with Gasteiger partial charge in [-0.1, -0.05) is 25.4 Å². The molecule has 130 valence electrons. The number of nitrogens with zero attached hydrogens (tertiary/aromatic N) is 2. The van der Waals surface area contributed by atoms with Crippen molar-refractivity contribution >= 4 is 34.5 Å². The van der Waals surface area contributed by atoms with Crippen LogP contribution < -0.4 is 10.6 Å². The fraction of sp³-hybridized carbons (Fsp3) is 0.412. The third-order valence-corrected chi connectivity index (χ3v) is 4.86. The Morgan fingerprint density at radius 1 is 1.25 bits per heavy atom. The molecule has 0 atom stereocenters. The molecular weight excluding hydrogens is 344 g/mol. The van der Waals surface area contributed by atoms with E-state index in [1.807, 2.05) is 24.3 Å². The minimum Gasteiger partial charge on any atom is -0.380 e. The Bertz CT molecular complexity index is 640. The molecule has 0 aliphatic carbocycles. The first-order valence-electron chi connectivity index (χ1n) is 8.07. The Morgan fingerprint density at radius 2 is 1.96 bits per heavy atom. The van der Waals surface area contributed by atoms with Crippen molar-refractivity contribution in [3.63, 3.8) is 0 Å². The van der Waals surface area contributed by atoms with Gasteiger partial charge >= 0.3 is 0 Å². The highest BCUT2D eigenvalue weighted by atomic mass is 35.5. The van der Waals surface area contributed by atoms with Crippen molar-refractivity contribution in [2.75, 3.05) is 31.5 Å². The summed E-state index contributed by atoms with van der Waals surface area (Å²) in [5, 5.41) is 6.24. The normalized spacial score (nSPS) is 10.8. The van der Waals surface area contributed by atoms with Crippen molar-refractivity contribution in [2.45, 2.75) is 20.4 Å². The van der Waals surface area contributed by atoms with E-state index >= 15 is 0 Å². The smallest absolute Gasteiger partial charge is 0.251 e. The third-order valence-electron chi connectivity index (χ3n) is 3.75. The second-order valence-corrected chi connectivity index (χ2v) is 6.99. The number of thiazole rings is 1. The molecule has 0 saturated carbocycles. The second-order valence-electron chi connectivity index (χ2n) is 5.29. The van der Waals surface area contributed by atoms with Gasteiger partial charge in [-0.2, -0.15) is 0 Å². The monoisotopic (exact) mass is 366 g/mol. The summed E-state index contributed by atoms with van der Waals surface area (Å²) in [7, 11) is 0. The highest BCUT2D eigenvalue weighted by Gasteiger charge is 2.06. The first-order chi connectivity index (χ1) is 11.6. The van der Waals surface area contributed by atoms with Crippen molar-refractivity contribution in [3.8, 4) is 0 Å². The predicted octanol–water partition coefficient (Wildman–Crippen LogP) is 3.48. The summed E-state index contributed by atoms with van der Waals surface area (Å²) in [5.74, 6) is -0.0389. The number of halogens is 1. The number of benzene rings is 1. The number of hydrogen-bond acceptors (Lipinski definition) is 5. The molecular formula is C17H23ClN4OS. The van der Waals surface area contributed by atoms with Crippen molar-refractivity contribution in [3.05, 3.63) is 45.4 Å². The Balaban J connectivity index is 1.79. The van der Waals surface area contributed by atoms with Gasteiger partial charge < -0.3 is 15.5 Å². The van der Waals surface area contributed by atoms with Gasteiger partial charge in [-0.3, -0.25) is 4.79 Å². The largest absolute Gasteiger partial charge is 0.380 e. The van der Waals surface area contributed by atoms with E-state index in [2.05, 4.69) is 34.4 Å². The van der Waals surface area contributed by atoms with Crippen LogP contribution in [-0.4, -0.2) is 42.0 Å². The zero-order chi connectivity index (χ0) is 17.4. The van der Waals surface area contributed by atoms with Crippen LogP contribution in [0.4, 0.5) is 5.69 Å². The maximum absolute atomic E-state index is 12.1. The molecule has 7 heteroatoms. The molecule has 0 aliphatic heterocycles. The molecule has 1 amide bonds. The van der Waals surface area contributed by atoms with Gasteiger partial charge in [-0.15, -0.1) is 11.3 Å². The van der Waals surface area contributed by atoms with E-state index in [0.29, 0.717) is 23.1 Å². The van der Waals surface area contributed by atoms with Crippen LogP contribution in [0.2, 0.25) is 4.47 Å². The van der Waals surface area contributed by atoms with Crippen molar-refractivity contribution in [1.29, 1.82) is 0 Å². The summed E-state index contributed by atoms with van der Waals surface area (Å²) in [5.41, 5.74) is 1.63. The van der Waals surface area contributed by atoms with Crippen molar-refractivity contribution < 1.29 is 4.79 Å². The van der Waals surface area contributed by atoms with Crippen LogP contribution in [0.1, 0.15) is 29.1 Å². The zero-order valence-electron chi connectivity index (χ0n) is 14.0. The Labute approximate surface area is 152 Å². The number of hydrogen-bond donors (Lipinski definition) is 2. The molecule has 0 fully saturated rings. The molecule has 24 heavy (non-hydrogen) atoms.